The van der Waals surface area contributed by atoms with Gasteiger partial charge in [0.05, 0.1) is 22.6 Å². The second-order valence-corrected chi connectivity index (χ2v) is 6.67. The lowest BCUT2D eigenvalue weighted by atomic mass is 10.2. The molecule has 0 aliphatic rings. The van der Waals surface area contributed by atoms with Gasteiger partial charge in [-0.05, 0) is 32.2 Å². The molecule has 0 aliphatic heterocycles. The zero-order valence-electron chi connectivity index (χ0n) is 13.0. The maximum absolute atomic E-state index is 12.1. The molecule has 0 saturated heterocycles. The van der Waals surface area contributed by atoms with Crippen LogP contribution in [0.3, 0.4) is 0 Å². The molecule has 132 valence electrons. The molecule has 0 unspecified atom stereocenters. The van der Waals surface area contributed by atoms with Crippen LogP contribution in [0, 0.1) is 0 Å². The molecular formula is C13H15ClN2O7S. The van der Waals surface area contributed by atoms with Crippen LogP contribution in [0.5, 0.6) is 0 Å². The Morgan fingerprint density at radius 1 is 1.25 bits per heavy atom. The summed E-state index contributed by atoms with van der Waals surface area (Å²) < 4.78 is 34.7. The van der Waals surface area contributed by atoms with Crippen molar-refractivity contribution in [3.05, 3.63) is 28.8 Å². The van der Waals surface area contributed by atoms with Crippen molar-refractivity contribution in [2.75, 3.05) is 14.2 Å². The van der Waals surface area contributed by atoms with Crippen LogP contribution in [-0.4, -0.2) is 46.6 Å². The molecule has 1 aromatic carbocycles. The largest absolute Gasteiger partial charge is 0.453 e. The van der Waals surface area contributed by atoms with Crippen LogP contribution in [0.25, 0.3) is 0 Å². The van der Waals surface area contributed by atoms with Crippen molar-refractivity contribution in [1.82, 2.24) is 10.0 Å². The third-order valence-corrected chi connectivity index (χ3v) is 4.54. The smallest absolute Gasteiger partial charge is 0.413 e. The number of alkyl carbamates (subject to hydrolysis) is 1. The molecule has 0 fully saturated rings. The maximum Gasteiger partial charge on any atom is 0.413 e. The molecule has 0 heterocycles. The number of halogens is 1. The quantitative estimate of drug-likeness (QED) is 0.721. The summed E-state index contributed by atoms with van der Waals surface area (Å²) in [5, 5.41) is 1.77. The van der Waals surface area contributed by atoms with Crippen LogP contribution in [-0.2, 0) is 24.3 Å². The average molecular weight is 379 g/mol. The predicted molar refractivity (Wildman–Crippen MR) is 83.1 cm³/mol. The van der Waals surface area contributed by atoms with Gasteiger partial charge in [0.2, 0.25) is 10.0 Å². The molecule has 0 saturated carbocycles. The third kappa shape index (κ3) is 4.91. The van der Waals surface area contributed by atoms with E-state index in [0.29, 0.717) is 0 Å². The summed E-state index contributed by atoms with van der Waals surface area (Å²) in [5.41, 5.74) is -0.245. The van der Waals surface area contributed by atoms with Gasteiger partial charge in [-0.1, -0.05) is 11.6 Å². The molecule has 0 spiro atoms. The first kappa shape index (κ1) is 19.9. The Kier molecular flexibility index (Phi) is 6.70. The van der Waals surface area contributed by atoms with E-state index in [1.165, 1.54) is 26.1 Å². The van der Waals surface area contributed by atoms with Gasteiger partial charge in [0.25, 0.3) is 5.91 Å². The normalized spacial score (nSPS) is 12.2. The van der Waals surface area contributed by atoms with E-state index < -0.39 is 34.1 Å². The SMILES string of the molecule is CNS(=O)(=O)c1ccc(Cl)c(C(=O)O[C@@H](C)C(=O)NC(=O)OC)c1. The van der Waals surface area contributed by atoms with Gasteiger partial charge in [0, 0.05) is 0 Å². The second-order valence-electron chi connectivity index (χ2n) is 4.38. The molecule has 9 nitrogen and oxygen atoms in total. The molecule has 2 amide bonds. The monoisotopic (exact) mass is 378 g/mol. The van der Waals surface area contributed by atoms with Gasteiger partial charge in [-0.15, -0.1) is 0 Å². The summed E-state index contributed by atoms with van der Waals surface area (Å²) in [6, 6.07) is 3.43. The lowest BCUT2D eigenvalue weighted by Gasteiger charge is -2.13. The van der Waals surface area contributed by atoms with Crippen molar-refractivity contribution in [1.29, 1.82) is 0 Å². The fourth-order valence-electron chi connectivity index (χ4n) is 1.48. The van der Waals surface area contributed by atoms with Gasteiger partial charge in [0.1, 0.15) is 0 Å². The predicted octanol–water partition coefficient (Wildman–Crippen LogP) is 0.676. The van der Waals surface area contributed by atoms with E-state index in [2.05, 4.69) is 9.46 Å². The minimum atomic E-state index is -3.79. The second kappa shape index (κ2) is 8.08. The third-order valence-electron chi connectivity index (χ3n) is 2.80. The number of rotatable bonds is 5. The molecule has 0 aromatic heterocycles. The number of carbonyl (C=O) groups is 3. The Bertz CT molecular complexity index is 764. The highest BCUT2D eigenvalue weighted by molar-refractivity contribution is 7.89. The molecule has 0 bridgehead atoms. The van der Waals surface area contributed by atoms with Gasteiger partial charge in [-0.3, -0.25) is 10.1 Å². The maximum atomic E-state index is 12.1. The summed E-state index contributed by atoms with van der Waals surface area (Å²) in [4.78, 5) is 34.4. The molecule has 1 aromatic rings. The molecule has 0 radical (unpaired) electrons. The van der Waals surface area contributed by atoms with E-state index in [9.17, 15) is 22.8 Å². The summed E-state index contributed by atoms with van der Waals surface area (Å²) >= 11 is 5.86. The summed E-state index contributed by atoms with van der Waals surface area (Å²) in [7, 11) is -1.52. The standard InChI is InChI=1S/C13H15ClN2O7S/c1-7(11(17)16-13(19)22-3)23-12(18)9-6-8(4-5-10(9)14)24(20,21)15-2/h4-7,15H,1-3H3,(H,16,17,19)/t7-/m0/s1. The van der Waals surface area contributed by atoms with E-state index in [1.807, 2.05) is 5.32 Å². The fraction of sp³-hybridized carbons (Fsp3) is 0.308. The van der Waals surface area contributed by atoms with E-state index in [1.54, 1.807) is 0 Å². The van der Waals surface area contributed by atoms with Crippen LogP contribution in [0.15, 0.2) is 23.1 Å². The Labute approximate surface area is 143 Å². The number of esters is 1. The number of ether oxygens (including phenoxy) is 2. The van der Waals surface area contributed by atoms with Gasteiger partial charge in [0.15, 0.2) is 6.10 Å². The zero-order chi connectivity index (χ0) is 18.5. The summed E-state index contributed by atoms with van der Waals surface area (Å²) in [5.74, 6) is -1.94. The number of carbonyl (C=O) groups excluding carboxylic acids is 3. The van der Waals surface area contributed by atoms with Gasteiger partial charge < -0.3 is 9.47 Å². The first-order valence-corrected chi connectivity index (χ1v) is 8.31. The summed E-state index contributed by atoms with van der Waals surface area (Å²) in [6.07, 6.45) is -2.35. The number of amides is 2. The highest BCUT2D eigenvalue weighted by atomic mass is 35.5. The first-order chi connectivity index (χ1) is 11.1. The Morgan fingerprint density at radius 3 is 2.42 bits per heavy atom. The van der Waals surface area contributed by atoms with Crippen molar-refractivity contribution in [2.45, 2.75) is 17.9 Å². The molecule has 1 atom stereocenters. The number of benzene rings is 1. The molecule has 0 aliphatic carbocycles. The van der Waals surface area contributed by atoms with Crippen LogP contribution in [0.4, 0.5) is 4.79 Å². The van der Waals surface area contributed by atoms with Crippen LogP contribution in [0.2, 0.25) is 5.02 Å². The van der Waals surface area contributed by atoms with Crippen LogP contribution < -0.4 is 10.0 Å². The van der Waals surface area contributed by atoms with Crippen LogP contribution >= 0.6 is 11.6 Å². The number of hydrogen-bond donors (Lipinski definition) is 2. The van der Waals surface area contributed by atoms with E-state index >= 15 is 0 Å². The molecule has 1 rings (SSSR count). The van der Waals surface area contributed by atoms with E-state index in [4.69, 9.17) is 16.3 Å². The van der Waals surface area contributed by atoms with Crippen molar-refractivity contribution in [3.8, 4) is 0 Å². The van der Waals surface area contributed by atoms with Gasteiger partial charge in [-0.25, -0.2) is 22.7 Å². The average Bonchev–Trinajstić information content (AvgIpc) is 2.54. The Balaban J connectivity index is 2.97. The molecular weight excluding hydrogens is 364 g/mol. The number of nitrogens with one attached hydrogen (secondary N) is 2. The lowest BCUT2D eigenvalue weighted by Crippen LogP contribution is -2.39. The lowest BCUT2D eigenvalue weighted by molar-refractivity contribution is -0.128. The summed E-state index contributed by atoms with van der Waals surface area (Å²) in [6.45, 7) is 1.22. The highest BCUT2D eigenvalue weighted by Crippen LogP contribution is 2.21. The van der Waals surface area contributed by atoms with Gasteiger partial charge >= 0.3 is 12.1 Å². The van der Waals surface area contributed by atoms with Crippen molar-refractivity contribution >= 4 is 39.6 Å². The van der Waals surface area contributed by atoms with Gasteiger partial charge in [-0.2, -0.15) is 0 Å². The van der Waals surface area contributed by atoms with E-state index in [-0.39, 0.29) is 15.5 Å². The molecule has 24 heavy (non-hydrogen) atoms. The topological polar surface area (TPSA) is 128 Å². The Morgan fingerprint density at radius 2 is 1.88 bits per heavy atom. The van der Waals surface area contributed by atoms with Crippen molar-refractivity contribution < 1.29 is 32.3 Å². The fourth-order valence-corrected chi connectivity index (χ4v) is 2.43. The highest BCUT2D eigenvalue weighted by Gasteiger charge is 2.24. The minimum Gasteiger partial charge on any atom is -0.453 e. The molecule has 2 N–H and O–H groups in total. The number of hydrogen-bond acceptors (Lipinski definition) is 7. The number of sulfonamides is 1. The Hall–Kier alpha value is -2.17. The van der Waals surface area contributed by atoms with E-state index in [0.717, 1.165) is 13.2 Å². The van der Waals surface area contributed by atoms with Crippen molar-refractivity contribution in [2.24, 2.45) is 0 Å². The number of methoxy groups -OCH3 is 1. The minimum absolute atomic E-state index is 0.0596. The van der Waals surface area contributed by atoms with Crippen LogP contribution in [0.1, 0.15) is 17.3 Å². The number of imide groups is 1. The van der Waals surface area contributed by atoms with Crippen molar-refractivity contribution in [3.63, 3.8) is 0 Å². The first-order valence-electron chi connectivity index (χ1n) is 6.45. The zero-order valence-corrected chi connectivity index (χ0v) is 14.5. The molecule has 11 heteroatoms.